The van der Waals surface area contributed by atoms with Crippen molar-refractivity contribution in [2.45, 2.75) is 19.5 Å². The summed E-state index contributed by atoms with van der Waals surface area (Å²) in [4.78, 5) is 16.1. The molecule has 20 heavy (non-hydrogen) atoms. The van der Waals surface area contributed by atoms with Crippen LogP contribution in [-0.2, 0) is 17.9 Å². The minimum Gasteiger partial charge on any atom is -0.467 e. The molecule has 0 bridgehead atoms. The van der Waals surface area contributed by atoms with Crippen LogP contribution < -0.4 is 5.32 Å². The third kappa shape index (κ3) is 2.71. The Morgan fingerprint density at radius 1 is 1.25 bits per heavy atom. The number of aryl methyl sites for hydroxylation is 1. The highest BCUT2D eigenvalue weighted by atomic mass is 16.3. The van der Waals surface area contributed by atoms with Crippen molar-refractivity contribution in [2.24, 2.45) is 0 Å². The molecule has 102 valence electrons. The van der Waals surface area contributed by atoms with Crippen LogP contribution in [0.15, 0.2) is 53.4 Å². The number of hydrogen-bond acceptors (Lipinski definition) is 3. The smallest absolute Gasteiger partial charge is 0.222 e. The first-order valence-electron chi connectivity index (χ1n) is 6.52. The summed E-state index contributed by atoms with van der Waals surface area (Å²) in [6, 6.07) is 11.5. The van der Waals surface area contributed by atoms with Gasteiger partial charge in [-0.2, -0.15) is 0 Å². The van der Waals surface area contributed by atoms with Gasteiger partial charge in [0.25, 0.3) is 0 Å². The van der Waals surface area contributed by atoms with E-state index in [1.165, 1.54) is 0 Å². The van der Waals surface area contributed by atoms with Gasteiger partial charge in [0.15, 0.2) is 0 Å². The number of imidazole rings is 1. The Hall–Kier alpha value is -2.56. The lowest BCUT2D eigenvalue weighted by atomic mass is 10.3. The van der Waals surface area contributed by atoms with E-state index in [4.69, 9.17) is 4.42 Å². The average Bonchev–Trinajstić information content (AvgIpc) is 3.12. The van der Waals surface area contributed by atoms with Gasteiger partial charge in [0.2, 0.25) is 5.91 Å². The summed E-state index contributed by atoms with van der Waals surface area (Å²) in [5.74, 6) is 0.755. The van der Waals surface area contributed by atoms with Gasteiger partial charge in [0, 0.05) is 13.0 Å². The number of amides is 1. The Kier molecular flexibility index (Phi) is 3.50. The van der Waals surface area contributed by atoms with Gasteiger partial charge in [-0.05, 0) is 24.3 Å². The molecule has 0 aliphatic carbocycles. The number of aromatic nitrogens is 2. The number of hydrogen-bond donors (Lipinski definition) is 1. The van der Waals surface area contributed by atoms with Crippen LogP contribution in [0.1, 0.15) is 12.2 Å². The van der Waals surface area contributed by atoms with Crippen molar-refractivity contribution in [3.05, 3.63) is 54.7 Å². The van der Waals surface area contributed by atoms with E-state index in [-0.39, 0.29) is 5.91 Å². The molecule has 0 unspecified atom stereocenters. The van der Waals surface area contributed by atoms with Crippen LogP contribution in [-0.4, -0.2) is 15.5 Å². The lowest BCUT2D eigenvalue weighted by molar-refractivity contribution is -0.121. The van der Waals surface area contributed by atoms with E-state index in [1.54, 1.807) is 18.7 Å². The maximum atomic E-state index is 11.8. The zero-order valence-corrected chi connectivity index (χ0v) is 11.0. The van der Waals surface area contributed by atoms with Gasteiger partial charge in [0.1, 0.15) is 5.76 Å². The average molecular weight is 269 g/mol. The van der Waals surface area contributed by atoms with E-state index in [2.05, 4.69) is 10.3 Å². The highest BCUT2D eigenvalue weighted by molar-refractivity contribution is 5.77. The Labute approximate surface area is 116 Å². The number of carbonyl (C=O) groups is 1. The van der Waals surface area contributed by atoms with Gasteiger partial charge < -0.3 is 14.3 Å². The molecular formula is C15H15N3O2. The van der Waals surface area contributed by atoms with Crippen LogP contribution in [0.25, 0.3) is 11.0 Å². The van der Waals surface area contributed by atoms with Crippen LogP contribution in [0.5, 0.6) is 0 Å². The maximum absolute atomic E-state index is 11.8. The first-order valence-corrected chi connectivity index (χ1v) is 6.52. The number of nitrogens with zero attached hydrogens (tertiary/aromatic N) is 2. The molecule has 2 aromatic heterocycles. The Morgan fingerprint density at radius 3 is 3.00 bits per heavy atom. The fourth-order valence-electron chi connectivity index (χ4n) is 2.10. The fraction of sp³-hybridized carbons (Fsp3) is 0.200. The fourth-order valence-corrected chi connectivity index (χ4v) is 2.10. The first kappa shape index (κ1) is 12.5. The number of benzene rings is 1. The lowest BCUT2D eigenvalue weighted by Gasteiger charge is -2.05. The molecule has 0 saturated carbocycles. The molecule has 5 heteroatoms. The third-order valence-electron chi connectivity index (χ3n) is 3.15. The molecule has 3 rings (SSSR count). The summed E-state index contributed by atoms with van der Waals surface area (Å²) in [6.45, 7) is 1.04. The van der Waals surface area contributed by atoms with Crippen molar-refractivity contribution >= 4 is 16.9 Å². The highest BCUT2D eigenvalue weighted by Crippen LogP contribution is 2.12. The summed E-state index contributed by atoms with van der Waals surface area (Å²) >= 11 is 0. The molecule has 0 radical (unpaired) electrons. The normalized spacial score (nSPS) is 10.8. The van der Waals surface area contributed by atoms with Crippen molar-refractivity contribution in [2.75, 3.05) is 0 Å². The lowest BCUT2D eigenvalue weighted by Crippen LogP contribution is -2.23. The van der Waals surface area contributed by atoms with Crippen LogP contribution in [0.3, 0.4) is 0 Å². The van der Waals surface area contributed by atoms with E-state index >= 15 is 0 Å². The second kappa shape index (κ2) is 5.61. The molecule has 0 atom stereocenters. The molecule has 0 saturated heterocycles. The summed E-state index contributed by atoms with van der Waals surface area (Å²) in [7, 11) is 0. The predicted octanol–water partition coefficient (Wildman–Crippen LogP) is 2.34. The van der Waals surface area contributed by atoms with Crippen molar-refractivity contribution in [1.82, 2.24) is 14.9 Å². The number of furan rings is 1. The zero-order chi connectivity index (χ0) is 13.8. The first-order chi connectivity index (χ1) is 9.83. The largest absolute Gasteiger partial charge is 0.467 e. The van der Waals surface area contributed by atoms with Crippen LogP contribution in [0.4, 0.5) is 0 Å². The molecule has 0 aliphatic heterocycles. The minimum absolute atomic E-state index is 0.000758. The number of nitrogens with one attached hydrogen (secondary N) is 1. The number of carbonyl (C=O) groups excluding carboxylic acids is 1. The third-order valence-corrected chi connectivity index (χ3v) is 3.15. The van der Waals surface area contributed by atoms with E-state index < -0.39 is 0 Å². The van der Waals surface area contributed by atoms with E-state index in [1.807, 2.05) is 34.9 Å². The molecule has 2 heterocycles. The standard InChI is InChI=1S/C15H15N3O2/c19-15(16-10-12-4-3-9-20-12)7-8-18-11-17-13-5-1-2-6-14(13)18/h1-6,9,11H,7-8,10H2,(H,16,19). The molecule has 0 aliphatic rings. The zero-order valence-electron chi connectivity index (χ0n) is 11.0. The Bertz CT molecular complexity index is 701. The minimum atomic E-state index is -0.000758. The van der Waals surface area contributed by atoms with Crippen LogP contribution in [0, 0.1) is 0 Å². The SMILES string of the molecule is O=C(CCn1cnc2ccccc21)NCc1ccco1. The molecule has 0 fully saturated rings. The molecule has 1 amide bonds. The molecule has 5 nitrogen and oxygen atoms in total. The number of fused-ring (bicyclic) bond motifs is 1. The highest BCUT2D eigenvalue weighted by Gasteiger charge is 2.05. The number of para-hydroxylation sites is 2. The molecule has 1 N–H and O–H groups in total. The summed E-state index contributed by atoms with van der Waals surface area (Å²) in [6.07, 6.45) is 3.78. The number of rotatable bonds is 5. The van der Waals surface area contributed by atoms with Crippen molar-refractivity contribution in [3.63, 3.8) is 0 Å². The van der Waals surface area contributed by atoms with Gasteiger partial charge in [-0.15, -0.1) is 0 Å². The monoisotopic (exact) mass is 269 g/mol. The molecular weight excluding hydrogens is 254 g/mol. The maximum Gasteiger partial charge on any atom is 0.222 e. The van der Waals surface area contributed by atoms with Gasteiger partial charge in [-0.25, -0.2) is 4.98 Å². The van der Waals surface area contributed by atoms with E-state index in [0.717, 1.165) is 16.8 Å². The van der Waals surface area contributed by atoms with Gasteiger partial charge in [-0.1, -0.05) is 12.1 Å². The predicted molar refractivity (Wildman–Crippen MR) is 74.9 cm³/mol. The van der Waals surface area contributed by atoms with Crippen LogP contribution >= 0.6 is 0 Å². The van der Waals surface area contributed by atoms with Crippen molar-refractivity contribution in [3.8, 4) is 0 Å². The second-order valence-electron chi connectivity index (χ2n) is 4.53. The summed E-state index contributed by atoms with van der Waals surface area (Å²) in [5.41, 5.74) is 2.00. The van der Waals surface area contributed by atoms with Crippen molar-refractivity contribution < 1.29 is 9.21 Å². The van der Waals surface area contributed by atoms with E-state index in [9.17, 15) is 4.79 Å². The van der Waals surface area contributed by atoms with Gasteiger partial charge in [-0.3, -0.25) is 4.79 Å². The van der Waals surface area contributed by atoms with Crippen LogP contribution in [0.2, 0.25) is 0 Å². The van der Waals surface area contributed by atoms with Gasteiger partial charge in [0.05, 0.1) is 30.2 Å². The van der Waals surface area contributed by atoms with E-state index in [0.29, 0.717) is 19.5 Å². The molecule has 3 aromatic rings. The Balaban J connectivity index is 1.55. The topological polar surface area (TPSA) is 60.1 Å². The van der Waals surface area contributed by atoms with Gasteiger partial charge >= 0.3 is 0 Å². The molecule has 1 aromatic carbocycles. The Morgan fingerprint density at radius 2 is 2.15 bits per heavy atom. The molecule has 0 spiro atoms. The summed E-state index contributed by atoms with van der Waals surface area (Å²) < 4.78 is 7.15. The quantitative estimate of drug-likeness (QED) is 0.773. The van der Waals surface area contributed by atoms with Crippen molar-refractivity contribution in [1.29, 1.82) is 0 Å². The second-order valence-corrected chi connectivity index (χ2v) is 4.53. The summed E-state index contributed by atoms with van der Waals surface area (Å²) in [5, 5.41) is 2.83.